The lowest BCUT2D eigenvalue weighted by atomic mass is 9.75. The number of benzene rings is 3. The van der Waals surface area contributed by atoms with Crippen LogP contribution < -0.4 is 32.0 Å². The molecular formula is C51H68N6O7. The molecular weight excluding hydrogens is 809 g/mol. The Balaban J connectivity index is 1.49. The van der Waals surface area contributed by atoms with E-state index < -0.39 is 41.5 Å². The molecule has 13 nitrogen and oxygen atoms in total. The van der Waals surface area contributed by atoms with Gasteiger partial charge >= 0.3 is 0 Å². The molecule has 2 amide bonds. The fraction of sp³-hybridized carbons (Fsp3) is 0.529. The van der Waals surface area contributed by atoms with Crippen molar-refractivity contribution >= 4 is 29.2 Å². The normalized spacial score (nSPS) is 20.8. The first kappa shape index (κ1) is 49.6. The molecule has 4 atom stereocenters. The molecule has 1 heterocycles. The zero-order valence-corrected chi connectivity index (χ0v) is 38.3. The third-order valence-electron chi connectivity index (χ3n) is 12.8. The molecule has 3 aromatic carbocycles. The summed E-state index contributed by atoms with van der Waals surface area (Å²) >= 11 is 0. The number of carbonyl (C=O) groups is 5. The van der Waals surface area contributed by atoms with Crippen molar-refractivity contribution in [3.63, 3.8) is 0 Å². The van der Waals surface area contributed by atoms with Crippen LogP contribution in [0.15, 0.2) is 60.7 Å². The molecule has 0 spiro atoms. The highest BCUT2D eigenvalue weighted by Gasteiger charge is 2.37. The van der Waals surface area contributed by atoms with E-state index in [1.54, 1.807) is 44.3 Å². The van der Waals surface area contributed by atoms with Crippen molar-refractivity contribution in [2.45, 2.75) is 115 Å². The highest BCUT2D eigenvalue weighted by atomic mass is 16.5. The summed E-state index contributed by atoms with van der Waals surface area (Å²) in [5.74, 6) is -2.16. The van der Waals surface area contributed by atoms with E-state index in [1.807, 2.05) is 12.1 Å². The number of likely N-dealkylation sites (N-methyl/N-ethyl adjacent to an activating group) is 1. The molecule has 64 heavy (non-hydrogen) atoms. The number of Topliss-reactive ketones (excluding diaryl/α,β-unsaturated/α-hetero) is 3. The number of rotatable bonds is 17. The summed E-state index contributed by atoms with van der Waals surface area (Å²) in [4.78, 5) is 72.1. The van der Waals surface area contributed by atoms with Crippen LogP contribution in [0.25, 0.3) is 11.1 Å². The number of hydrogen-bond donors (Lipinski definition) is 4. The Bertz CT molecular complexity index is 2150. The van der Waals surface area contributed by atoms with Crippen molar-refractivity contribution < 1.29 is 33.4 Å². The summed E-state index contributed by atoms with van der Waals surface area (Å²) in [6.45, 7) is 9.22. The van der Waals surface area contributed by atoms with Gasteiger partial charge < -0.3 is 36.9 Å². The lowest BCUT2D eigenvalue weighted by Crippen LogP contribution is -2.46. The maximum atomic E-state index is 14.7. The number of nitrogens with zero attached hydrogens (tertiary/aromatic N) is 2. The lowest BCUT2D eigenvalue weighted by Gasteiger charge is -2.33. The van der Waals surface area contributed by atoms with Crippen LogP contribution in [0.4, 0.5) is 0 Å². The number of carbonyl (C=O) groups excluding carboxylic acids is 5. The summed E-state index contributed by atoms with van der Waals surface area (Å²) < 4.78 is 12.3. The molecule has 1 fully saturated rings. The molecule has 3 aromatic rings. The molecule has 0 saturated heterocycles. The Labute approximate surface area is 378 Å². The van der Waals surface area contributed by atoms with Crippen LogP contribution in [0.5, 0.6) is 11.5 Å². The van der Waals surface area contributed by atoms with Crippen molar-refractivity contribution in [2.24, 2.45) is 35.0 Å². The summed E-state index contributed by atoms with van der Waals surface area (Å²) in [5.41, 5.74) is 22.7. The summed E-state index contributed by atoms with van der Waals surface area (Å²) in [5, 5.41) is 12.1. The molecule has 0 radical (unpaired) electrons. The van der Waals surface area contributed by atoms with Gasteiger partial charge in [0, 0.05) is 74.7 Å². The van der Waals surface area contributed by atoms with E-state index in [-0.39, 0.29) is 94.3 Å². The third kappa shape index (κ3) is 12.6. The molecule has 344 valence electrons. The molecule has 7 N–H and O–H groups in total. The van der Waals surface area contributed by atoms with Crippen molar-refractivity contribution in [3.05, 3.63) is 82.9 Å². The second kappa shape index (κ2) is 23.0. The smallest absolute Gasteiger partial charge is 0.226 e. The van der Waals surface area contributed by atoms with Crippen molar-refractivity contribution in [2.75, 3.05) is 39.9 Å². The van der Waals surface area contributed by atoms with Crippen LogP contribution in [0, 0.1) is 29.1 Å². The predicted octanol–water partition coefficient (Wildman–Crippen LogP) is 6.23. The van der Waals surface area contributed by atoms with E-state index >= 15 is 0 Å². The summed E-state index contributed by atoms with van der Waals surface area (Å²) in [6.07, 6.45) is 3.26. The average molecular weight is 877 g/mol. The second-order valence-electron chi connectivity index (χ2n) is 18.5. The molecule has 1 aliphatic heterocycles. The third-order valence-corrected chi connectivity index (χ3v) is 12.8. The van der Waals surface area contributed by atoms with Gasteiger partial charge in [0.1, 0.15) is 36.5 Å². The minimum atomic E-state index is -1.17. The van der Waals surface area contributed by atoms with Crippen molar-refractivity contribution in [3.8, 4) is 28.7 Å². The first-order chi connectivity index (χ1) is 30.6. The van der Waals surface area contributed by atoms with Gasteiger partial charge in [-0.05, 0) is 103 Å². The van der Waals surface area contributed by atoms with Gasteiger partial charge in [-0.25, -0.2) is 0 Å². The first-order valence-corrected chi connectivity index (χ1v) is 22.9. The lowest BCUT2D eigenvalue weighted by molar-refractivity contribution is -0.144. The highest BCUT2D eigenvalue weighted by molar-refractivity contribution is 5.96. The molecule has 0 unspecified atom stereocenters. The second-order valence-corrected chi connectivity index (χ2v) is 18.5. The SMILES string of the molecule is C[C@@H]1CC(=O)[C@@H](N(C)C(=O)[C@H](CCN)CC(=O)C2CCC(c3ccc(C(C)(C)C)cc3)CC2)c2ccc(OCCN)c(c2)-c2cc(ccc2OCCN)C[C@@H](C(=O)CCC#N)NC1=O. The fourth-order valence-electron chi connectivity index (χ4n) is 9.05. The monoisotopic (exact) mass is 877 g/mol. The van der Waals surface area contributed by atoms with Crippen LogP contribution in [0.3, 0.4) is 0 Å². The topological polar surface area (TPSA) is 221 Å². The van der Waals surface area contributed by atoms with E-state index in [9.17, 15) is 29.2 Å². The Morgan fingerprint density at radius 2 is 1.44 bits per heavy atom. The maximum absolute atomic E-state index is 14.7. The minimum absolute atomic E-state index is 0.00265. The number of ketones is 3. The van der Waals surface area contributed by atoms with Gasteiger partial charge in [0.2, 0.25) is 11.8 Å². The number of nitrogens with one attached hydrogen (secondary N) is 1. The van der Waals surface area contributed by atoms with Crippen LogP contribution in [0.1, 0.15) is 120 Å². The van der Waals surface area contributed by atoms with Crippen LogP contribution in [-0.4, -0.2) is 80.0 Å². The van der Waals surface area contributed by atoms with Gasteiger partial charge in [-0.1, -0.05) is 64.1 Å². The fourth-order valence-corrected chi connectivity index (χ4v) is 9.05. The Kier molecular flexibility index (Phi) is 17.8. The van der Waals surface area contributed by atoms with E-state index in [0.29, 0.717) is 39.7 Å². The van der Waals surface area contributed by atoms with Crippen LogP contribution in [-0.2, 0) is 35.8 Å². The van der Waals surface area contributed by atoms with E-state index in [0.717, 1.165) is 25.7 Å². The van der Waals surface area contributed by atoms with Gasteiger partial charge in [0.15, 0.2) is 11.6 Å². The standard InChI is InChI=1S/C51H68N6O7/c1-32-27-45(60)48(57(5)50(62)38(20-22-53)31-44(59)36-11-9-34(10-12-36)35-13-16-39(17-14-35)51(2,3)4)37-15-19-47(64-26-24-55)41(30-37)40-28-33(8-18-46(40)63-25-23-54)29-42(56-49(32)61)43(58)7-6-21-52/h8,13-19,28,30,32,34,36,38,42,48H,6-7,9-12,20,22-27,29,31,53-55H2,1-5H3,(H,56,61)/t32-,34?,36?,38-,42+,48+/m1/s1. The molecule has 1 saturated carbocycles. The number of hydrogen-bond acceptors (Lipinski definition) is 11. The molecule has 13 heteroatoms. The summed E-state index contributed by atoms with van der Waals surface area (Å²) in [6, 6.07) is 19.3. The zero-order valence-electron chi connectivity index (χ0n) is 38.3. The molecule has 0 aromatic heterocycles. The highest BCUT2D eigenvalue weighted by Crippen LogP contribution is 2.42. The van der Waals surface area contributed by atoms with E-state index in [2.05, 4.69) is 50.4 Å². The number of amides is 2. The Hall–Kier alpha value is -5.42. The number of ether oxygens (including phenoxy) is 2. The first-order valence-electron chi connectivity index (χ1n) is 22.9. The van der Waals surface area contributed by atoms with Gasteiger partial charge in [-0.15, -0.1) is 0 Å². The number of nitriles is 1. The van der Waals surface area contributed by atoms with Crippen LogP contribution >= 0.6 is 0 Å². The van der Waals surface area contributed by atoms with Gasteiger partial charge in [0.05, 0.1) is 12.1 Å². The summed E-state index contributed by atoms with van der Waals surface area (Å²) in [7, 11) is 1.56. The number of nitrogens with two attached hydrogens (primary N) is 3. The Morgan fingerprint density at radius 1 is 0.828 bits per heavy atom. The predicted molar refractivity (Wildman–Crippen MR) is 247 cm³/mol. The average Bonchev–Trinajstić information content (AvgIpc) is 3.28. The van der Waals surface area contributed by atoms with Gasteiger partial charge in [-0.2, -0.15) is 5.26 Å². The van der Waals surface area contributed by atoms with Gasteiger partial charge in [-0.3, -0.25) is 24.0 Å². The van der Waals surface area contributed by atoms with Crippen molar-refractivity contribution in [1.82, 2.24) is 10.2 Å². The Morgan fingerprint density at radius 3 is 2.03 bits per heavy atom. The largest absolute Gasteiger partial charge is 0.492 e. The quantitative estimate of drug-likeness (QED) is 0.119. The van der Waals surface area contributed by atoms with E-state index in [4.69, 9.17) is 26.7 Å². The molecule has 5 rings (SSSR count). The van der Waals surface area contributed by atoms with Crippen molar-refractivity contribution in [1.29, 1.82) is 5.26 Å². The van der Waals surface area contributed by atoms with Crippen LogP contribution in [0.2, 0.25) is 0 Å². The molecule has 1 aliphatic carbocycles. The van der Waals surface area contributed by atoms with E-state index in [1.165, 1.54) is 16.0 Å². The maximum Gasteiger partial charge on any atom is 0.226 e. The minimum Gasteiger partial charge on any atom is -0.492 e. The van der Waals surface area contributed by atoms with Gasteiger partial charge in [0.25, 0.3) is 0 Å². The molecule has 4 bridgehead atoms. The molecule has 2 aliphatic rings. The zero-order chi connectivity index (χ0) is 46.6. The number of fused-ring (bicyclic) bond motifs is 5.